The van der Waals surface area contributed by atoms with E-state index in [1.54, 1.807) is 5.38 Å². The average molecular weight is 243 g/mol. The van der Waals surface area contributed by atoms with Gasteiger partial charge in [0.15, 0.2) is 0 Å². The van der Waals surface area contributed by atoms with Crippen LogP contribution in [0.25, 0.3) is 0 Å². The molecule has 0 aromatic carbocycles. The minimum Gasteiger partial charge on any atom is -0.476 e. The van der Waals surface area contributed by atoms with Gasteiger partial charge in [0.05, 0.1) is 5.69 Å². The fourth-order valence-corrected chi connectivity index (χ4v) is 1.74. The van der Waals surface area contributed by atoms with Crippen molar-refractivity contribution in [3.05, 3.63) is 16.1 Å². The van der Waals surface area contributed by atoms with E-state index in [0.717, 1.165) is 11.3 Å². The highest BCUT2D eigenvalue weighted by Gasteiger charge is 2.08. The third kappa shape index (κ3) is 4.37. The van der Waals surface area contributed by atoms with E-state index >= 15 is 0 Å². The summed E-state index contributed by atoms with van der Waals surface area (Å²) in [5.41, 5.74) is 5.68. The summed E-state index contributed by atoms with van der Waals surface area (Å²) in [6, 6.07) is 0. The molecule has 0 aliphatic rings. The lowest BCUT2D eigenvalue weighted by Crippen LogP contribution is -2.18. The van der Waals surface area contributed by atoms with Crippen LogP contribution in [0.15, 0.2) is 5.38 Å². The van der Waals surface area contributed by atoms with Gasteiger partial charge in [0.2, 0.25) is 10.9 Å². The second-order valence-corrected chi connectivity index (χ2v) is 4.05. The first-order valence-electron chi connectivity index (χ1n) is 4.76. The third-order valence-corrected chi connectivity index (χ3v) is 2.70. The van der Waals surface area contributed by atoms with Crippen molar-refractivity contribution in [1.29, 1.82) is 0 Å². The molecule has 0 aliphatic carbocycles. The van der Waals surface area contributed by atoms with Gasteiger partial charge in [-0.1, -0.05) is 0 Å². The van der Waals surface area contributed by atoms with E-state index in [2.05, 4.69) is 10.3 Å². The smallest absolute Gasteiger partial charge is 0.365 e. The van der Waals surface area contributed by atoms with Crippen molar-refractivity contribution in [1.82, 2.24) is 10.3 Å². The van der Waals surface area contributed by atoms with Crippen molar-refractivity contribution in [3.8, 4) is 0 Å². The van der Waals surface area contributed by atoms with Crippen LogP contribution >= 0.6 is 11.3 Å². The highest BCUT2D eigenvalue weighted by Crippen LogP contribution is 2.09. The second-order valence-electron chi connectivity index (χ2n) is 3.20. The number of carboxylic acid groups (broad SMARTS) is 1. The van der Waals surface area contributed by atoms with E-state index in [9.17, 15) is 9.59 Å². The number of primary amides is 1. The number of hydrogen-bond donors (Lipinski definition) is 3. The number of nitrogens with two attached hydrogens (primary N) is 1. The Morgan fingerprint density at radius 1 is 1.56 bits per heavy atom. The van der Waals surface area contributed by atoms with Gasteiger partial charge < -0.3 is 16.2 Å². The van der Waals surface area contributed by atoms with Gasteiger partial charge in [0.1, 0.15) is 0 Å². The van der Waals surface area contributed by atoms with E-state index in [-0.39, 0.29) is 10.9 Å². The number of carboxylic acids is 1. The minimum atomic E-state index is -1.01. The SMILES string of the molecule is NC(=O)CCCNCc1csc(C(=O)O)n1. The minimum absolute atomic E-state index is 0.0916. The number of amides is 1. The molecule has 4 N–H and O–H groups in total. The highest BCUT2D eigenvalue weighted by molar-refractivity contribution is 7.11. The van der Waals surface area contributed by atoms with Crippen molar-refractivity contribution < 1.29 is 14.7 Å². The molecule has 0 atom stereocenters. The lowest BCUT2D eigenvalue weighted by molar-refractivity contribution is -0.118. The number of hydrogen-bond acceptors (Lipinski definition) is 5. The second kappa shape index (κ2) is 6.19. The van der Waals surface area contributed by atoms with Crippen LogP contribution < -0.4 is 11.1 Å². The molecule has 1 aromatic rings. The van der Waals surface area contributed by atoms with Gasteiger partial charge in [-0.05, 0) is 13.0 Å². The molecule has 1 amide bonds. The molecule has 88 valence electrons. The van der Waals surface area contributed by atoms with Crippen molar-refractivity contribution >= 4 is 23.2 Å². The molecule has 0 bridgehead atoms. The van der Waals surface area contributed by atoms with Crippen molar-refractivity contribution in [2.75, 3.05) is 6.54 Å². The van der Waals surface area contributed by atoms with E-state index in [0.29, 0.717) is 31.6 Å². The van der Waals surface area contributed by atoms with Gasteiger partial charge in [-0.15, -0.1) is 11.3 Å². The quantitative estimate of drug-likeness (QED) is 0.593. The standard InChI is InChI=1S/C9H13N3O3S/c10-7(13)2-1-3-11-4-6-5-16-8(12-6)9(14)15/h5,11H,1-4H2,(H2,10,13)(H,14,15). The maximum absolute atomic E-state index is 10.5. The molecule has 0 saturated heterocycles. The first-order chi connectivity index (χ1) is 7.59. The van der Waals surface area contributed by atoms with Crippen LogP contribution in [0, 0.1) is 0 Å². The Morgan fingerprint density at radius 3 is 2.88 bits per heavy atom. The van der Waals surface area contributed by atoms with Gasteiger partial charge >= 0.3 is 5.97 Å². The van der Waals surface area contributed by atoms with Crippen LogP contribution in [0.5, 0.6) is 0 Å². The predicted molar refractivity (Wildman–Crippen MR) is 59.2 cm³/mol. The Labute approximate surface area is 96.5 Å². The largest absolute Gasteiger partial charge is 0.476 e. The summed E-state index contributed by atoms with van der Waals surface area (Å²) in [6.07, 6.45) is 1.02. The maximum Gasteiger partial charge on any atom is 0.365 e. The van der Waals surface area contributed by atoms with Gasteiger partial charge in [0, 0.05) is 18.3 Å². The summed E-state index contributed by atoms with van der Waals surface area (Å²) in [6.45, 7) is 1.16. The zero-order valence-electron chi connectivity index (χ0n) is 8.60. The van der Waals surface area contributed by atoms with E-state index < -0.39 is 5.97 Å². The molecule has 0 spiro atoms. The number of nitrogens with zero attached hydrogens (tertiary/aromatic N) is 1. The molecule has 16 heavy (non-hydrogen) atoms. The number of carbonyl (C=O) groups is 2. The Morgan fingerprint density at radius 2 is 2.31 bits per heavy atom. The molecule has 0 unspecified atom stereocenters. The Bertz CT molecular complexity index is 378. The lowest BCUT2D eigenvalue weighted by Gasteiger charge is -2.00. The number of carbonyl (C=O) groups excluding carboxylic acids is 1. The molecule has 7 heteroatoms. The number of nitrogens with one attached hydrogen (secondary N) is 1. The normalized spacial score (nSPS) is 10.2. The molecule has 0 aliphatic heterocycles. The predicted octanol–water partition coefficient (Wildman–Crippen LogP) is 0.196. The van der Waals surface area contributed by atoms with Crippen LogP contribution in [0.2, 0.25) is 0 Å². The molecular weight excluding hydrogens is 230 g/mol. The van der Waals surface area contributed by atoms with Gasteiger partial charge in [-0.25, -0.2) is 9.78 Å². The summed E-state index contributed by atoms with van der Waals surface area (Å²) in [5, 5.41) is 13.5. The van der Waals surface area contributed by atoms with E-state index in [4.69, 9.17) is 10.8 Å². The molecule has 1 rings (SSSR count). The monoisotopic (exact) mass is 243 g/mol. The molecule has 0 radical (unpaired) electrons. The van der Waals surface area contributed by atoms with Crippen molar-refractivity contribution in [3.63, 3.8) is 0 Å². The number of aromatic carboxylic acids is 1. The average Bonchev–Trinajstić information content (AvgIpc) is 2.65. The summed E-state index contributed by atoms with van der Waals surface area (Å²) < 4.78 is 0. The van der Waals surface area contributed by atoms with Crippen molar-refractivity contribution in [2.24, 2.45) is 5.73 Å². The number of rotatable bonds is 7. The zero-order valence-corrected chi connectivity index (χ0v) is 9.42. The van der Waals surface area contributed by atoms with Crippen LogP contribution in [0.1, 0.15) is 28.3 Å². The van der Waals surface area contributed by atoms with Gasteiger partial charge in [0.25, 0.3) is 0 Å². The zero-order chi connectivity index (χ0) is 12.0. The topological polar surface area (TPSA) is 105 Å². The van der Waals surface area contributed by atoms with Gasteiger partial charge in [-0.2, -0.15) is 0 Å². The van der Waals surface area contributed by atoms with Gasteiger partial charge in [-0.3, -0.25) is 4.79 Å². The van der Waals surface area contributed by atoms with Crippen molar-refractivity contribution in [2.45, 2.75) is 19.4 Å². The lowest BCUT2D eigenvalue weighted by atomic mass is 10.3. The maximum atomic E-state index is 10.5. The van der Waals surface area contributed by atoms with E-state index in [1.807, 2.05) is 0 Å². The van der Waals surface area contributed by atoms with E-state index in [1.165, 1.54) is 0 Å². The molecule has 0 saturated carbocycles. The molecule has 6 nitrogen and oxygen atoms in total. The van der Waals surface area contributed by atoms with Crippen LogP contribution in [0.4, 0.5) is 0 Å². The highest BCUT2D eigenvalue weighted by atomic mass is 32.1. The third-order valence-electron chi connectivity index (χ3n) is 1.82. The molecular formula is C9H13N3O3S. The molecule has 1 aromatic heterocycles. The summed E-state index contributed by atoms with van der Waals surface area (Å²) in [4.78, 5) is 24.9. The number of aromatic nitrogens is 1. The Hall–Kier alpha value is -1.47. The summed E-state index contributed by atoms with van der Waals surface area (Å²) in [5.74, 6) is -1.33. The summed E-state index contributed by atoms with van der Waals surface area (Å²) in [7, 11) is 0. The van der Waals surface area contributed by atoms with Crippen LogP contribution in [0.3, 0.4) is 0 Å². The molecule has 0 fully saturated rings. The first kappa shape index (κ1) is 12.6. The number of thiazole rings is 1. The fourth-order valence-electron chi connectivity index (χ4n) is 1.09. The Balaban J connectivity index is 2.21. The van der Waals surface area contributed by atoms with Crippen LogP contribution in [-0.4, -0.2) is 28.5 Å². The summed E-state index contributed by atoms with van der Waals surface area (Å²) >= 11 is 1.10. The fraction of sp³-hybridized carbons (Fsp3) is 0.444. The molecule has 1 heterocycles. The Kier molecular flexibility index (Phi) is 4.87. The van der Waals surface area contributed by atoms with Crippen LogP contribution in [-0.2, 0) is 11.3 Å². The first-order valence-corrected chi connectivity index (χ1v) is 5.64.